The number of carbonyl (C=O) groups is 1. The fraction of sp³-hybridized carbons (Fsp3) is 0.533. The number of nitrogens with zero attached hydrogens (tertiary/aromatic N) is 1. The molecule has 1 aliphatic rings. The Hall–Kier alpha value is -1.62. The number of carbonyl (C=O) groups excluding carboxylic acids is 1. The highest BCUT2D eigenvalue weighted by Crippen LogP contribution is 2.23. The Kier molecular flexibility index (Phi) is 5.17. The Morgan fingerprint density at radius 1 is 1.29 bits per heavy atom. The van der Waals surface area contributed by atoms with Crippen LogP contribution in [0.25, 0.3) is 0 Å². The molecule has 0 aliphatic heterocycles. The molecule has 21 heavy (non-hydrogen) atoms. The zero-order valence-electron chi connectivity index (χ0n) is 12.0. The lowest BCUT2D eigenvalue weighted by molar-refractivity contribution is -0.384. The number of hydrogen-bond acceptors (Lipinski definition) is 3. The van der Waals surface area contributed by atoms with Crippen molar-refractivity contribution >= 4 is 23.2 Å². The Labute approximate surface area is 128 Å². The fourth-order valence-electron chi connectivity index (χ4n) is 2.68. The molecule has 1 aromatic carbocycles. The lowest BCUT2D eigenvalue weighted by atomic mass is 10.1. The molecule has 1 amide bonds. The van der Waals surface area contributed by atoms with E-state index in [1.807, 2.05) is 0 Å². The molecule has 0 aromatic heterocycles. The van der Waals surface area contributed by atoms with Gasteiger partial charge in [-0.25, -0.2) is 0 Å². The lowest BCUT2D eigenvalue weighted by Crippen LogP contribution is -2.40. The second-order valence-corrected chi connectivity index (χ2v) is 6.11. The Bertz CT molecular complexity index is 548. The highest BCUT2D eigenvalue weighted by molar-refractivity contribution is 6.21. The van der Waals surface area contributed by atoms with Crippen LogP contribution in [0.1, 0.15) is 48.0 Å². The second kappa shape index (κ2) is 6.89. The number of nitro benzene ring substituents is 1. The summed E-state index contributed by atoms with van der Waals surface area (Å²) in [6, 6.07) is 4.35. The average molecular weight is 311 g/mol. The molecule has 1 aromatic rings. The SMILES string of the molecule is Cc1cc(C(=O)NC2CCCCCC2Cl)cc([N+](=O)[O-])c1. The summed E-state index contributed by atoms with van der Waals surface area (Å²) in [5, 5.41) is 13.7. The lowest BCUT2D eigenvalue weighted by Gasteiger charge is -2.21. The average Bonchev–Trinajstić information content (AvgIpc) is 2.63. The zero-order valence-corrected chi connectivity index (χ0v) is 12.7. The van der Waals surface area contributed by atoms with Crippen molar-refractivity contribution in [1.82, 2.24) is 5.32 Å². The van der Waals surface area contributed by atoms with E-state index in [1.165, 1.54) is 12.1 Å². The maximum atomic E-state index is 12.3. The van der Waals surface area contributed by atoms with Crippen molar-refractivity contribution in [2.24, 2.45) is 0 Å². The Morgan fingerprint density at radius 3 is 2.71 bits per heavy atom. The maximum Gasteiger partial charge on any atom is 0.270 e. The molecule has 1 N–H and O–H groups in total. The number of amides is 1. The summed E-state index contributed by atoms with van der Waals surface area (Å²) >= 11 is 6.31. The smallest absolute Gasteiger partial charge is 0.270 e. The van der Waals surface area contributed by atoms with E-state index >= 15 is 0 Å². The Morgan fingerprint density at radius 2 is 2.00 bits per heavy atom. The Balaban J connectivity index is 2.14. The van der Waals surface area contributed by atoms with Gasteiger partial charge in [0.15, 0.2) is 0 Å². The van der Waals surface area contributed by atoms with Gasteiger partial charge in [-0.1, -0.05) is 19.3 Å². The van der Waals surface area contributed by atoms with Gasteiger partial charge in [0.05, 0.1) is 10.3 Å². The molecule has 1 saturated carbocycles. The topological polar surface area (TPSA) is 72.2 Å². The van der Waals surface area contributed by atoms with Crippen LogP contribution in [-0.2, 0) is 0 Å². The van der Waals surface area contributed by atoms with Crippen molar-refractivity contribution in [2.75, 3.05) is 0 Å². The molecule has 0 saturated heterocycles. The largest absolute Gasteiger partial charge is 0.348 e. The van der Waals surface area contributed by atoms with Gasteiger partial charge in [0.1, 0.15) is 0 Å². The van der Waals surface area contributed by atoms with Gasteiger partial charge in [-0.2, -0.15) is 0 Å². The maximum absolute atomic E-state index is 12.3. The highest BCUT2D eigenvalue weighted by atomic mass is 35.5. The summed E-state index contributed by atoms with van der Waals surface area (Å²) in [5.74, 6) is -0.292. The van der Waals surface area contributed by atoms with Gasteiger partial charge in [0.2, 0.25) is 0 Å². The minimum Gasteiger partial charge on any atom is -0.348 e. The van der Waals surface area contributed by atoms with Crippen molar-refractivity contribution in [2.45, 2.75) is 50.4 Å². The van der Waals surface area contributed by atoms with Crippen LogP contribution in [0.15, 0.2) is 18.2 Å². The van der Waals surface area contributed by atoms with E-state index in [2.05, 4.69) is 5.32 Å². The van der Waals surface area contributed by atoms with Crippen molar-refractivity contribution in [3.63, 3.8) is 0 Å². The van der Waals surface area contributed by atoms with Crippen LogP contribution in [0.5, 0.6) is 0 Å². The number of hydrogen-bond donors (Lipinski definition) is 1. The molecule has 1 aliphatic carbocycles. The van der Waals surface area contributed by atoms with Crippen LogP contribution < -0.4 is 5.32 Å². The molecule has 5 nitrogen and oxygen atoms in total. The van der Waals surface area contributed by atoms with E-state index < -0.39 is 4.92 Å². The van der Waals surface area contributed by atoms with Gasteiger partial charge < -0.3 is 5.32 Å². The molecular weight excluding hydrogens is 292 g/mol. The summed E-state index contributed by atoms with van der Waals surface area (Å²) in [5.41, 5.74) is 0.941. The van der Waals surface area contributed by atoms with Crippen LogP contribution in [-0.4, -0.2) is 22.2 Å². The summed E-state index contributed by atoms with van der Waals surface area (Å²) in [6.07, 6.45) is 5.00. The van der Waals surface area contributed by atoms with Crippen LogP contribution in [0.3, 0.4) is 0 Å². The van der Waals surface area contributed by atoms with Crippen LogP contribution >= 0.6 is 11.6 Å². The predicted octanol–water partition coefficient (Wildman–Crippen LogP) is 3.57. The zero-order chi connectivity index (χ0) is 15.4. The number of non-ortho nitro benzene ring substituents is 1. The third kappa shape index (κ3) is 4.17. The molecule has 2 atom stereocenters. The molecule has 2 rings (SSSR count). The third-order valence-electron chi connectivity index (χ3n) is 3.78. The standard InChI is InChI=1S/C15H19ClN2O3/c1-10-7-11(9-12(8-10)18(20)21)15(19)17-14-6-4-2-3-5-13(14)16/h7-9,13-14H,2-6H2,1H3,(H,17,19). The van der Waals surface area contributed by atoms with Crippen molar-refractivity contribution < 1.29 is 9.72 Å². The first kappa shape index (κ1) is 15.8. The third-order valence-corrected chi connectivity index (χ3v) is 4.31. The first-order valence-electron chi connectivity index (χ1n) is 7.18. The van der Waals surface area contributed by atoms with Crippen LogP contribution in [0, 0.1) is 17.0 Å². The number of halogens is 1. The quantitative estimate of drug-likeness (QED) is 0.401. The summed E-state index contributed by atoms with van der Waals surface area (Å²) < 4.78 is 0. The van der Waals surface area contributed by atoms with Crippen molar-refractivity contribution in [3.05, 3.63) is 39.4 Å². The summed E-state index contributed by atoms with van der Waals surface area (Å²) in [7, 11) is 0. The monoisotopic (exact) mass is 310 g/mol. The van der Waals surface area contributed by atoms with Crippen LogP contribution in [0.2, 0.25) is 0 Å². The minimum absolute atomic E-state index is 0.0663. The number of nitro groups is 1. The van der Waals surface area contributed by atoms with Gasteiger partial charge in [-0.3, -0.25) is 14.9 Å². The first-order chi connectivity index (χ1) is 9.97. The van der Waals surface area contributed by atoms with Gasteiger partial charge in [-0.15, -0.1) is 11.6 Å². The molecule has 0 radical (unpaired) electrons. The van der Waals surface area contributed by atoms with E-state index in [9.17, 15) is 14.9 Å². The van der Waals surface area contributed by atoms with Crippen molar-refractivity contribution in [3.8, 4) is 0 Å². The molecule has 0 spiro atoms. The molecule has 0 heterocycles. The van der Waals surface area contributed by atoms with E-state index in [0.29, 0.717) is 11.1 Å². The number of alkyl halides is 1. The summed E-state index contributed by atoms with van der Waals surface area (Å²) in [4.78, 5) is 22.7. The van der Waals surface area contributed by atoms with Gasteiger partial charge in [0.25, 0.3) is 11.6 Å². The van der Waals surface area contributed by atoms with E-state index in [-0.39, 0.29) is 23.0 Å². The molecule has 1 fully saturated rings. The van der Waals surface area contributed by atoms with E-state index in [4.69, 9.17) is 11.6 Å². The first-order valence-corrected chi connectivity index (χ1v) is 7.62. The number of aryl methyl sites for hydroxylation is 1. The molecule has 6 heteroatoms. The minimum atomic E-state index is -0.486. The fourth-order valence-corrected chi connectivity index (χ4v) is 3.02. The molecule has 0 bridgehead atoms. The highest BCUT2D eigenvalue weighted by Gasteiger charge is 2.24. The number of benzene rings is 1. The normalized spacial score (nSPS) is 22.4. The number of rotatable bonds is 3. The van der Waals surface area contributed by atoms with Gasteiger partial charge >= 0.3 is 0 Å². The molecule has 114 valence electrons. The van der Waals surface area contributed by atoms with E-state index in [0.717, 1.165) is 32.1 Å². The van der Waals surface area contributed by atoms with Crippen LogP contribution in [0.4, 0.5) is 5.69 Å². The second-order valence-electron chi connectivity index (χ2n) is 5.55. The van der Waals surface area contributed by atoms with Crippen molar-refractivity contribution in [1.29, 1.82) is 0 Å². The van der Waals surface area contributed by atoms with Gasteiger partial charge in [0, 0.05) is 23.7 Å². The number of nitrogens with one attached hydrogen (secondary N) is 1. The molecular formula is C15H19ClN2O3. The molecule has 2 unspecified atom stereocenters. The van der Waals surface area contributed by atoms with E-state index in [1.54, 1.807) is 13.0 Å². The summed E-state index contributed by atoms with van der Waals surface area (Å²) in [6.45, 7) is 1.74. The predicted molar refractivity (Wildman–Crippen MR) is 81.8 cm³/mol. The van der Waals surface area contributed by atoms with Gasteiger partial charge in [-0.05, 0) is 31.4 Å².